The number of methoxy groups -OCH3 is 2. The summed E-state index contributed by atoms with van der Waals surface area (Å²) in [4.78, 5) is 26.9. The molecule has 1 aromatic carbocycles. The third-order valence-electron chi connectivity index (χ3n) is 5.32. The van der Waals surface area contributed by atoms with Crippen molar-refractivity contribution in [3.63, 3.8) is 0 Å². The molecule has 1 N–H and O–H groups in total. The molecule has 2 rings (SSSR count). The Morgan fingerprint density at radius 2 is 2.04 bits per heavy atom. The molecule has 0 radical (unpaired) electrons. The Kier molecular flexibility index (Phi) is 7.11. The average molecular weight is 376 g/mol. The first-order valence-electron chi connectivity index (χ1n) is 9.61. The van der Waals surface area contributed by atoms with E-state index in [2.05, 4.69) is 19.2 Å². The molecule has 27 heavy (non-hydrogen) atoms. The Hall–Kier alpha value is -2.24. The molecule has 0 bridgehead atoms. The molecule has 1 heterocycles. The van der Waals surface area contributed by atoms with Crippen molar-refractivity contribution in [2.45, 2.75) is 52.0 Å². The number of ether oxygens (including phenoxy) is 2. The highest BCUT2D eigenvalue weighted by molar-refractivity contribution is 5.94. The maximum atomic E-state index is 12.8. The first kappa shape index (κ1) is 21.1. The summed E-state index contributed by atoms with van der Waals surface area (Å²) in [6.45, 7) is 7.24. The summed E-state index contributed by atoms with van der Waals surface area (Å²) >= 11 is 0. The Labute approximate surface area is 162 Å². The molecular weight excluding hydrogens is 344 g/mol. The highest BCUT2D eigenvalue weighted by atomic mass is 16.5. The molecule has 150 valence electrons. The molecule has 1 aliphatic rings. The molecule has 6 heteroatoms. The van der Waals surface area contributed by atoms with Crippen LogP contribution >= 0.6 is 0 Å². The van der Waals surface area contributed by atoms with Crippen LogP contribution < -0.4 is 14.8 Å². The van der Waals surface area contributed by atoms with E-state index in [4.69, 9.17) is 9.47 Å². The van der Waals surface area contributed by atoms with Crippen LogP contribution in [0.4, 0.5) is 0 Å². The molecule has 6 nitrogen and oxygen atoms in total. The van der Waals surface area contributed by atoms with E-state index < -0.39 is 5.54 Å². The van der Waals surface area contributed by atoms with Gasteiger partial charge in [-0.1, -0.05) is 19.9 Å². The molecule has 0 aliphatic carbocycles. The zero-order chi connectivity index (χ0) is 20.0. The van der Waals surface area contributed by atoms with E-state index in [1.807, 2.05) is 25.1 Å². The summed E-state index contributed by atoms with van der Waals surface area (Å²) in [5.74, 6) is 1.95. The SMILES string of the molecule is COc1ccc(CCN2C(=O)CC[C@@]2(C)C(=O)NCCC(C)C)c(OC)c1. The van der Waals surface area contributed by atoms with Gasteiger partial charge in [-0.05, 0) is 43.7 Å². The van der Waals surface area contributed by atoms with Gasteiger partial charge in [0, 0.05) is 25.6 Å². The molecule has 0 unspecified atom stereocenters. The molecule has 2 amide bonds. The quantitative estimate of drug-likeness (QED) is 0.720. The van der Waals surface area contributed by atoms with Gasteiger partial charge in [0.15, 0.2) is 0 Å². The van der Waals surface area contributed by atoms with Crippen molar-refractivity contribution < 1.29 is 19.1 Å². The number of nitrogens with one attached hydrogen (secondary N) is 1. The topological polar surface area (TPSA) is 67.9 Å². The highest BCUT2D eigenvalue weighted by Crippen LogP contribution is 2.32. The smallest absolute Gasteiger partial charge is 0.245 e. The standard InChI is InChI=1S/C21H32N2O4/c1-15(2)9-12-22-20(25)21(3)11-8-19(24)23(21)13-10-16-6-7-17(26-4)14-18(16)27-5/h6-7,14-15H,8-13H2,1-5H3,(H,22,25)/t21-/m0/s1. The molecule has 1 aliphatic heterocycles. The van der Waals surface area contributed by atoms with Gasteiger partial charge in [-0.2, -0.15) is 0 Å². The van der Waals surface area contributed by atoms with Crippen LogP contribution in [-0.4, -0.2) is 49.6 Å². The number of carbonyl (C=O) groups is 2. The van der Waals surface area contributed by atoms with Crippen LogP contribution in [0.25, 0.3) is 0 Å². The minimum Gasteiger partial charge on any atom is -0.497 e. The third kappa shape index (κ3) is 4.93. The fraction of sp³-hybridized carbons (Fsp3) is 0.619. The molecule has 1 saturated heterocycles. The molecule has 1 aromatic rings. The number of rotatable bonds is 9. The summed E-state index contributed by atoms with van der Waals surface area (Å²) in [6, 6.07) is 5.65. The van der Waals surface area contributed by atoms with E-state index in [0.717, 1.165) is 23.5 Å². The van der Waals surface area contributed by atoms with Gasteiger partial charge < -0.3 is 19.7 Å². The Morgan fingerprint density at radius 3 is 2.67 bits per heavy atom. The highest BCUT2D eigenvalue weighted by Gasteiger charge is 2.46. The molecule has 0 saturated carbocycles. The number of benzene rings is 1. The molecule has 1 atom stereocenters. The van der Waals surface area contributed by atoms with Crippen molar-refractivity contribution in [2.75, 3.05) is 27.3 Å². The van der Waals surface area contributed by atoms with Gasteiger partial charge in [0.25, 0.3) is 0 Å². The van der Waals surface area contributed by atoms with Crippen LogP contribution in [0.15, 0.2) is 18.2 Å². The Balaban J connectivity index is 2.07. The summed E-state index contributed by atoms with van der Waals surface area (Å²) in [5.41, 5.74) is 0.203. The van der Waals surface area contributed by atoms with E-state index in [0.29, 0.717) is 38.3 Å². The fourth-order valence-electron chi connectivity index (χ4n) is 3.46. The summed E-state index contributed by atoms with van der Waals surface area (Å²) in [7, 11) is 3.23. The lowest BCUT2D eigenvalue weighted by Gasteiger charge is -2.34. The molecule has 0 spiro atoms. The van der Waals surface area contributed by atoms with Crippen molar-refractivity contribution >= 4 is 11.8 Å². The minimum atomic E-state index is -0.784. The number of hydrogen-bond donors (Lipinski definition) is 1. The first-order valence-corrected chi connectivity index (χ1v) is 9.61. The normalized spacial score (nSPS) is 19.5. The van der Waals surface area contributed by atoms with Gasteiger partial charge in [0.2, 0.25) is 11.8 Å². The average Bonchev–Trinajstić information content (AvgIpc) is 2.94. The Morgan fingerprint density at radius 1 is 1.30 bits per heavy atom. The van der Waals surface area contributed by atoms with Crippen molar-refractivity contribution in [3.05, 3.63) is 23.8 Å². The number of amides is 2. The van der Waals surface area contributed by atoms with Crippen LogP contribution in [0.3, 0.4) is 0 Å². The molecule has 0 aromatic heterocycles. The molecular formula is C21H32N2O4. The third-order valence-corrected chi connectivity index (χ3v) is 5.32. The van der Waals surface area contributed by atoms with E-state index in [1.165, 1.54) is 0 Å². The summed E-state index contributed by atoms with van der Waals surface area (Å²) in [5, 5.41) is 3.01. The van der Waals surface area contributed by atoms with Crippen LogP contribution in [0, 0.1) is 5.92 Å². The van der Waals surface area contributed by atoms with Gasteiger partial charge in [-0.25, -0.2) is 0 Å². The first-order chi connectivity index (χ1) is 12.8. The zero-order valence-corrected chi connectivity index (χ0v) is 17.1. The second-order valence-corrected chi connectivity index (χ2v) is 7.69. The van der Waals surface area contributed by atoms with Gasteiger partial charge in [0.1, 0.15) is 17.0 Å². The van der Waals surface area contributed by atoms with E-state index in [-0.39, 0.29) is 11.8 Å². The monoisotopic (exact) mass is 376 g/mol. The minimum absolute atomic E-state index is 0.0315. The lowest BCUT2D eigenvalue weighted by atomic mass is 9.96. The van der Waals surface area contributed by atoms with Gasteiger partial charge in [0.05, 0.1) is 14.2 Å². The van der Waals surface area contributed by atoms with Gasteiger partial charge in [-0.3, -0.25) is 9.59 Å². The predicted molar refractivity (Wildman–Crippen MR) is 105 cm³/mol. The van der Waals surface area contributed by atoms with Crippen LogP contribution in [0.1, 0.15) is 45.6 Å². The van der Waals surface area contributed by atoms with Crippen molar-refractivity contribution in [2.24, 2.45) is 5.92 Å². The van der Waals surface area contributed by atoms with E-state index in [9.17, 15) is 9.59 Å². The number of hydrogen-bond acceptors (Lipinski definition) is 4. The van der Waals surface area contributed by atoms with Crippen LogP contribution in [0.2, 0.25) is 0 Å². The number of carbonyl (C=O) groups excluding carboxylic acids is 2. The maximum absolute atomic E-state index is 12.8. The van der Waals surface area contributed by atoms with Crippen molar-refractivity contribution in [3.8, 4) is 11.5 Å². The largest absolute Gasteiger partial charge is 0.497 e. The maximum Gasteiger partial charge on any atom is 0.245 e. The van der Waals surface area contributed by atoms with E-state index in [1.54, 1.807) is 19.1 Å². The van der Waals surface area contributed by atoms with Crippen LogP contribution in [-0.2, 0) is 16.0 Å². The van der Waals surface area contributed by atoms with Crippen molar-refractivity contribution in [1.29, 1.82) is 0 Å². The van der Waals surface area contributed by atoms with Crippen LogP contribution in [0.5, 0.6) is 11.5 Å². The number of nitrogens with zero attached hydrogens (tertiary/aromatic N) is 1. The molecule has 1 fully saturated rings. The predicted octanol–water partition coefficient (Wildman–Crippen LogP) is 2.79. The van der Waals surface area contributed by atoms with Gasteiger partial charge >= 0.3 is 0 Å². The lowest BCUT2D eigenvalue weighted by molar-refractivity contribution is -0.140. The van der Waals surface area contributed by atoms with Gasteiger partial charge in [-0.15, -0.1) is 0 Å². The summed E-state index contributed by atoms with van der Waals surface area (Å²) < 4.78 is 10.7. The second-order valence-electron chi connectivity index (χ2n) is 7.69. The Bertz CT molecular complexity index is 674. The van der Waals surface area contributed by atoms with Crippen molar-refractivity contribution in [1.82, 2.24) is 10.2 Å². The second kappa shape index (κ2) is 9.11. The summed E-state index contributed by atoms with van der Waals surface area (Å²) in [6.07, 6.45) is 2.51. The fourth-order valence-corrected chi connectivity index (χ4v) is 3.46. The lowest BCUT2D eigenvalue weighted by Crippen LogP contribution is -2.55. The number of likely N-dealkylation sites (tertiary alicyclic amines) is 1. The van der Waals surface area contributed by atoms with E-state index >= 15 is 0 Å². The zero-order valence-electron chi connectivity index (χ0n) is 17.1.